The second-order valence-electron chi connectivity index (χ2n) is 5.39. The molecule has 2 rings (SSSR count). The number of halogens is 1. The van der Waals surface area contributed by atoms with Crippen molar-refractivity contribution in [3.63, 3.8) is 0 Å². The minimum Gasteiger partial charge on any atom is -0.496 e. The van der Waals surface area contributed by atoms with E-state index in [9.17, 15) is 5.11 Å². The summed E-state index contributed by atoms with van der Waals surface area (Å²) in [4.78, 5) is 4.78. The molecule has 0 spiro atoms. The molecule has 0 saturated carbocycles. The number of hydrogen-bond donors (Lipinski definition) is 1. The third-order valence-corrected chi connectivity index (χ3v) is 4.23. The van der Waals surface area contributed by atoms with Gasteiger partial charge in [-0.25, -0.2) is 0 Å². The third-order valence-electron chi connectivity index (χ3n) is 3.61. The van der Waals surface area contributed by atoms with Crippen LogP contribution in [0.1, 0.15) is 12.5 Å². The predicted molar refractivity (Wildman–Crippen MR) is 84.1 cm³/mol. The van der Waals surface area contributed by atoms with E-state index in [0.717, 1.165) is 49.5 Å². The molecular formula is C15H23BrN2O2. The highest BCUT2D eigenvalue weighted by Gasteiger charge is 2.18. The molecule has 1 N–H and O–H groups in total. The fourth-order valence-corrected chi connectivity index (χ4v) is 3.16. The Labute approximate surface area is 129 Å². The Hall–Kier alpha value is -0.620. The lowest BCUT2D eigenvalue weighted by molar-refractivity contribution is 0.0781. The molecule has 4 nitrogen and oxygen atoms in total. The molecule has 1 aliphatic rings. The van der Waals surface area contributed by atoms with E-state index in [2.05, 4.69) is 37.9 Å². The number of aliphatic hydroxyl groups excluding tert-OH is 1. The number of nitrogens with zero attached hydrogens (tertiary/aromatic N) is 2. The molecule has 0 aliphatic carbocycles. The van der Waals surface area contributed by atoms with Crippen LogP contribution in [0.2, 0.25) is 0 Å². The van der Waals surface area contributed by atoms with Crippen molar-refractivity contribution in [2.45, 2.75) is 19.6 Å². The van der Waals surface area contributed by atoms with Gasteiger partial charge in [0.1, 0.15) is 5.75 Å². The van der Waals surface area contributed by atoms with E-state index in [4.69, 9.17) is 4.74 Å². The molecule has 0 amide bonds. The topological polar surface area (TPSA) is 35.9 Å². The summed E-state index contributed by atoms with van der Waals surface area (Å²) in [5.74, 6) is 0.871. The molecular weight excluding hydrogens is 320 g/mol. The summed E-state index contributed by atoms with van der Waals surface area (Å²) in [6.07, 6.45) is -0.237. The Balaban J connectivity index is 1.85. The lowest BCUT2D eigenvalue weighted by Crippen LogP contribution is -2.47. The molecule has 112 valence electrons. The molecule has 5 heteroatoms. The monoisotopic (exact) mass is 342 g/mol. The van der Waals surface area contributed by atoms with Crippen LogP contribution in [0.15, 0.2) is 22.7 Å². The van der Waals surface area contributed by atoms with Gasteiger partial charge in [-0.1, -0.05) is 6.07 Å². The highest BCUT2D eigenvalue weighted by atomic mass is 79.9. The lowest BCUT2D eigenvalue weighted by atomic mass is 10.2. The van der Waals surface area contributed by atoms with Gasteiger partial charge in [0.05, 0.1) is 17.7 Å². The summed E-state index contributed by atoms with van der Waals surface area (Å²) in [6.45, 7) is 7.76. The van der Waals surface area contributed by atoms with Crippen LogP contribution in [0.3, 0.4) is 0 Å². The molecule has 0 bridgehead atoms. The van der Waals surface area contributed by atoms with Crippen molar-refractivity contribution < 1.29 is 9.84 Å². The van der Waals surface area contributed by atoms with Crippen molar-refractivity contribution in [2.24, 2.45) is 0 Å². The maximum absolute atomic E-state index is 9.41. The smallest absolute Gasteiger partial charge is 0.133 e. The van der Waals surface area contributed by atoms with Gasteiger partial charge in [-0.15, -0.1) is 0 Å². The predicted octanol–water partition coefficient (Wildman–Crippen LogP) is 1.96. The standard InChI is InChI=1S/C15H23BrN2O2/c1-12(19)10-17-5-7-18(8-6-17)11-13-3-4-15(20-2)14(16)9-13/h3-4,9,12,19H,5-8,10-11H2,1-2H3. The second kappa shape index (κ2) is 7.41. The first-order valence-electron chi connectivity index (χ1n) is 7.03. The minimum absolute atomic E-state index is 0.237. The van der Waals surface area contributed by atoms with Crippen molar-refractivity contribution in [1.82, 2.24) is 9.80 Å². The molecule has 1 fully saturated rings. The zero-order chi connectivity index (χ0) is 14.5. The molecule has 0 aromatic heterocycles. The lowest BCUT2D eigenvalue weighted by Gasteiger charge is -2.35. The maximum Gasteiger partial charge on any atom is 0.133 e. The van der Waals surface area contributed by atoms with Gasteiger partial charge in [0.2, 0.25) is 0 Å². The zero-order valence-electron chi connectivity index (χ0n) is 12.2. The number of hydrogen-bond acceptors (Lipinski definition) is 4. The van der Waals surface area contributed by atoms with Crippen LogP contribution in [-0.2, 0) is 6.54 Å². The minimum atomic E-state index is -0.237. The van der Waals surface area contributed by atoms with E-state index in [1.54, 1.807) is 7.11 Å². The molecule has 1 heterocycles. The molecule has 1 saturated heterocycles. The molecule has 1 aromatic carbocycles. The van der Waals surface area contributed by atoms with Gasteiger partial charge >= 0.3 is 0 Å². The van der Waals surface area contributed by atoms with Crippen LogP contribution in [0.5, 0.6) is 5.75 Å². The van der Waals surface area contributed by atoms with Gasteiger partial charge in [0.25, 0.3) is 0 Å². The van der Waals surface area contributed by atoms with Gasteiger partial charge in [-0.3, -0.25) is 9.80 Å². The Morgan fingerprint density at radius 1 is 1.25 bits per heavy atom. The number of piperazine rings is 1. The number of ether oxygens (including phenoxy) is 1. The van der Waals surface area contributed by atoms with E-state index in [0.29, 0.717) is 0 Å². The van der Waals surface area contributed by atoms with E-state index >= 15 is 0 Å². The summed E-state index contributed by atoms with van der Waals surface area (Å²) in [5.41, 5.74) is 1.29. The summed E-state index contributed by atoms with van der Waals surface area (Å²) in [6, 6.07) is 6.25. The number of aliphatic hydroxyl groups is 1. The van der Waals surface area contributed by atoms with E-state index in [1.165, 1.54) is 5.56 Å². The van der Waals surface area contributed by atoms with Crippen LogP contribution >= 0.6 is 15.9 Å². The molecule has 0 radical (unpaired) electrons. The Morgan fingerprint density at radius 2 is 1.90 bits per heavy atom. The highest BCUT2D eigenvalue weighted by Crippen LogP contribution is 2.26. The SMILES string of the molecule is COc1ccc(CN2CCN(CC(C)O)CC2)cc1Br. The summed E-state index contributed by atoms with van der Waals surface area (Å²) < 4.78 is 6.25. The fraction of sp³-hybridized carbons (Fsp3) is 0.600. The van der Waals surface area contributed by atoms with E-state index < -0.39 is 0 Å². The third kappa shape index (κ3) is 4.45. The van der Waals surface area contributed by atoms with Gasteiger partial charge in [0, 0.05) is 39.3 Å². The van der Waals surface area contributed by atoms with Crippen LogP contribution < -0.4 is 4.74 Å². The Bertz CT molecular complexity index is 432. The van der Waals surface area contributed by atoms with Crippen LogP contribution in [0.4, 0.5) is 0 Å². The van der Waals surface area contributed by atoms with Gasteiger partial charge in [-0.2, -0.15) is 0 Å². The summed E-state index contributed by atoms with van der Waals surface area (Å²) >= 11 is 3.53. The van der Waals surface area contributed by atoms with Crippen molar-refractivity contribution in [3.05, 3.63) is 28.2 Å². The fourth-order valence-electron chi connectivity index (χ4n) is 2.57. The summed E-state index contributed by atoms with van der Waals surface area (Å²) in [7, 11) is 1.68. The average molecular weight is 343 g/mol. The number of methoxy groups -OCH3 is 1. The normalized spacial score (nSPS) is 19.0. The molecule has 1 unspecified atom stereocenters. The Kier molecular flexibility index (Phi) is 5.84. The van der Waals surface area contributed by atoms with Crippen molar-refractivity contribution in [3.8, 4) is 5.75 Å². The summed E-state index contributed by atoms with van der Waals surface area (Å²) in [5, 5.41) is 9.41. The van der Waals surface area contributed by atoms with Crippen LogP contribution in [0, 0.1) is 0 Å². The number of benzene rings is 1. The number of β-amino-alcohol motifs (C(OH)–C–C–N with tert-alkyl or cyclic N) is 1. The van der Waals surface area contributed by atoms with Crippen molar-refractivity contribution in [1.29, 1.82) is 0 Å². The Morgan fingerprint density at radius 3 is 2.45 bits per heavy atom. The molecule has 20 heavy (non-hydrogen) atoms. The average Bonchev–Trinajstić information content (AvgIpc) is 2.41. The van der Waals surface area contributed by atoms with E-state index in [-0.39, 0.29) is 6.10 Å². The van der Waals surface area contributed by atoms with Crippen molar-refractivity contribution >= 4 is 15.9 Å². The largest absolute Gasteiger partial charge is 0.496 e. The molecule has 1 aromatic rings. The highest BCUT2D eigenvalue weighted by molar-refractivity contribution is 9.10. The molecule has 1 aliphatic heterocycles. The quantitative estimate of drug-likeness (QED) is 0.887. The van der Waals surface area contributed by atoms with E-state index in [1.807, 2.05) is 13.0 Å². The first-order valence-corrected chi connectivity index (χ1v) is 7.83. The van der Waals surface area contributed by atoms with Gasteiger partial charge < -0.3 is 9.84 Å². The van der Waals surface area contributed by atoms with Crippen LogP contribution in [0.25, 0.3) is 0 Å². The van der Waals surface area contributed by atoms with Crippen molar-refractivity contribution in [2.75, 3.05) is 39.8 Å². The molecule has 1 atom stereocenters. The zero-order valence-corrected chi connectivity index (χ0v) is 13.8. The van der Waals surface area contributed by atoms with Gasteiger partial charge in [-0.05, 0) is 40.5 Å². The first-order chi connectivity index (χ1) is 9.58. The number of rotatable bonds is 5. The maximum atomic E-state index is 9.41. The first kappa shape index (κ1) is 15.8. The second-order valence-corrected chi connectivity index (χ2v) is 6.25. The van der Waals surface area contributed by atoms with Crippen LogP contribution in [-0.4, -0.2) is 60.8 Å². The van der Waals surface area contributed by atoms with Gasteiger partial charge in [0.15, 0.2) is 0 Å².